The van der Waals surface area contributed by atoms with Crippen molar-refractivity contribution in [2.24, 2.45) is 5.41 Å². The van der Waals surface area contributed by atoms with Crippen LogP contribution in [0.4, 0.5) is 0 Å². The van der Waals surface area contributed by atoms with Crippen LogP contribution in [-0.4, -0.2) is 22.5 Å². The van der Waals surface area contributed by atoms with Gasteiger partial charge in [-0.3, -0.25) is 0 Å². The first-order chi connectivity index (χ1) is 10.4. The molecule has 2 heterocycles. The van der Waals surface area contributed by atoms with Crippen molar-refractivity contribution >= 4 is 12.4 Å². The standard InChI is InChI=1S/C17H21BN2O2/c1-16(2)12-18(22-17(16,3)4)13-10-19-15(20-11-13)21-14-8-6-5-7-9-14/h5-11H,12H2,1-4H3. The van der Waals surface area contributed by atoms with Gasteiger partial charge in [-0.15, -0.1) is 0 Å². The van der Waals surface area contributed by atoms with Gasteiger partial charge >= 0.3 is 12.9 Å². The number of nitrogens with zero attached hydrogens (tertiary/aromatic N) is 2. The first kappa shape index (κ1) is 15.0. The SMILES string of the molecule is CC1(C)CB(c2cnc(Oc3ccccc3)nc2)OC1(C)C. The van der Waals surface area contributed by atoms with Gasteiger partial charge in [-0.1, -0.05) is 32.0 Å². The van der Waals surface area contributed by atoms with Crippen molar-refractivity contribution in [3.8, 4) is 11.8 Å². The lowest BCUT2D eigenvalue weighted by atomic mass is 9.55. The minimum atomic E-state index is -0.156. The molecule has 0 atom stereocenters. The first-order valence-electron chi connectivity index (χ1n) is 7.60. The summed E-state index contributed by atoms with van der Waals surface area (Å²) in [5, 5.41) is 0. The van der Waals surface area contributed by atoms with Gasteiger partial charge < -0.3 is 9.39 Å². The van der Waals surface area contributed by atoms with Crippen LogP contribution in [-0.2, 0) is 4.65 Å². The second kappa shape index (κ2) is 5.40. The summed E-state index contributed by atoms with van der Waals surface area (Å²) in [6, 6.07) is 9.88. The van der Waals surface area contributed by atoms with E-state index in [-0.39, 0.29) is 17.9 Å². The zero-order valence-corrected chi connectivity index (χ0v) is 13.5. The summed E-state index contributed by atoms with van der Waals surface area (Å²) in [4.78, 5) is 8.60. The third-order valence-electron chi connectivity index (χ3n) is 4.73. The first-order valence-corrected chi connectivity index (χ1v) is 7.60. The molecule has 0 saturated carbocycles. The highest BCUT2D eigenvalue weighted by atomic mass is 16.5. The number of aromatic nitrogens is 2. The fourth-order valence-electron chi connectivity index (χ4n) is 2.59. The Morgan fingerprint density at radius 3 is 2.23 bits per heavy atom. The van der Waals surface area contributed by atoms with Gasteiger partial charge in [0.15, 0.2) is 0 Å². The Morgan fingerprint density at radius 1 is 1.05 bits per heavy atom. The zero-order chi connectivity index (χ0) is 15.8. The molecule has 0 unspecified atom stereocenters. The molecule has 22 heavy (non-hydrogen) atoms. The third kappa shape index (κ3) is 2.86. The fraction of sp³-hybridized carbons (Fsp3) is 0.412. The van der Waals surface area contributed by atoms with Crippen LogP contribution >= 0.6 is 0 Å². The van der Waals surface area contributed by atoms with Gasteiger partial charge in [-0.2, -0.15) is 0 Å². The second-order valence-electron chi connectivity index (χ2n) is 6.92. The molecule has 4 nitrogen and oxygen atoms in total. The molecular formula is C17H21BN2O2. The van der Waals surface area contributed by atoms with Gasteiger partial charge in [0.2, 0.25) is 0 Å². The van der Waals surface area contributed by atoms with E-state index in [1.807, 2.05) is 30.3 Å². The highest BCUT2D eigenvalue weighted by Gasteiger charge is 2.50. The van der Waals surface area contributed by atoms with Crippen LogP contribution in [0.3, 0.4) is 0 Å². The minimum absolute atomic E-state index is 0.0378. The maximum absolute atomic E-state index is 6.19. The lowest BCUT2D eigenvalue weighted by molar-refractivity contribution is 0.0375. The number of ether oxygens (including phenoxy) is 1. The van der Waals surface area contributed by atoms with E-state index in [1.165, 1.54) is 0 Å². The topological polar surface area (TPSA) is 44.2 Å². The third-order valence-corrected chi connectivity index (χ3v) is 4.73. The number of benzene rings is 1. The minimum Gasteiger partial charge on any atom is -0.425 e. The Hall–Kier alpha value is -1.88. The predicted octanol–water partition coefficient (Wildman–Crippen LogP) is 3.30. The Balaban J connectivity index is 1.73. The van der Waals surface area contributed by atoms with Crippen LogP contribution in [0.15, 0.2) is 42.7 Å². The van der Waals surface area contributed by atoms with Crippen LogP contribution in [0.25, 0.3) is 0 Å². The Kier molecular flexibility index (Phi) is 3.69. The molecule has 1 aliphatic rings. The fourth-order valence-corrected chi connectivity index (χ4v) is 2.59. The number of hydrogen-bond donors (Lipinski definition) is 0. The average molecular weight is 296 g/mol. The van der Waals surface area contributed by atoms with Crippen LogP contribution in [0.2, 0.25) is 6.32 Å². The molecule has 114 valence electrons. The average Bonchev–Trinajstić information content (AvgIpc) is 2.69. The summed E-state index contributed by atoms with van der Waals surface area (Å²) in [5.74, 6) is 0.731. The number of para-hydroxylation sites is 1. The predicted molar refractivity (Wildman–Crippen MR) is 87.7 cm³/mol. The second-order valence-corrected chi connectivity index (χ2v) is 6.92. The molecule has 0 aliphatic carbocycles. The molecule has 1 aliphatic heterocycles. The van der Waals surface area contributed by atoms with Crippen molar-refractivity contribution in [1.29, 1.82) is 0 Å². The van der Waals surface area contributed by atoms with Crippen molar-refractivity contribution in [2.75, 3.05) is 0 Å². The highest BCUT2D eigenvalue weighted by Crippen LogP contribution is 2.44. The summed E-state index contributed by atoms with van der Waals surface area (Å²) >= 11 is 0. The van der Waals surface area contributed by atoms with E-state index in [9.17, 15) is 0 Å². The normalized spacial score (nSPS) is 19.2. The molecule has 5 heteroatoms. The van der Waals surface area contributed by atoms with E-state index >= 15 is 0 Å². The summed E-state index contributed by atoms with van der Waals surface area (Å²) in [6.45, 7) is 8.79. The summed E-state index contributed by atoms with van der Waals surface area (Å²) in [5.41, 5.74) is 0.965. The maximum atomic E-state index is 6.19. The van der Waals surface area contributed by atoms with Crippen molar-refractivity contribution in [3.63, 3.8) is 0 Å². The highest BCUT2D eigenvalue weighted by molar-refractivity contribution is 6.68. The number of rotatable bonds is 3. The number of hydrogen-bond acceptors (Lipinski definition) is 4. The Bertz CT molecular complexity index is 625. The van der Waals surface area contributed by atoms with Gasteiger partial charge in [0, 0.05) is 12.4 Å². The van der Waals surface area contributed by atoms with Crippen molar-refractivity contribution in [2.45, 2.75) is 39.6 Å². The lowest BCUT2D eigenvalue weighted by Gasteiger charge is -2.34. The molecule has 0 radical (unpaired) electrons. The van der Waals surface area contributed by atoms with Crippen LogP contribution in [0.5, 0.6) is 11.8 Å². The van der Waals surface area contributed by atoms with Crippen molar-refractivity contribution < 1.29 is 9.39 Å². The van der Waals surface area contributed by atoms with Gasteiger partial charge in [0.05, 0.1) is 5.60 Å². The van der Waals surface area contributed by atoms with E-state index in [1.54, 1.807) is 12.4 Å². The molecule has 1 aromatic carbocycles. The smallest absolute Gasteiger partial charge is 0.331 e. The zero-order valence-electron chi connectivity index (χ0n) is 13.5. The van der Waals surface area contributed by atoms with Crippen LogP contribution in [0.1, 0.15) is 27.7 Å². The molecule has 2 aromatic rings. The summed E-state index contributed by atoms with van der Waals surface area (Å²) < 4.78 is 11.8. The van der Waals surface area contributed by atoms with Gasteiger partial charge in [-0.25, -0.2) is 9.97 Å². The Morgan fingerprint density at radius 2 is 1.68 bits per heavy atom. The van der Waals surface area contributed by atoms with E-state index in [4.69, 9.17) is 9.39 Å². The molecular weight excluding hydrogens is 275 g/mol. The van der Waals surface area contributed by atoms with Crippen LogP contribution < -0.4 is 10.2 Å². The van der Waals surface area contributed by atoms with E-state index in [0.29, 0.717) is 6.01 Å². The quantitative estimate of drug-likeness (QED) is 0.815. The largest absolute Gasteiger partial charge is 0.425 e. The molecule has 0 N–H and O–H groups in total. The van der Waals surface area contributed by atoms with Gasteiger partial charge in [0.25, 0.3) is 0 Å². The Labute approximate surface area is 132 Å². The monoisotopic (exact) mass is 296 g/mol. The van der Waals surface area contributed by atoms with E-state index in [2.05, 4.69) is 37.7 Å². The summed E-state index contributed by atoms with van der Waals surface area (Å²) in [7, 11) is 0. The molecule has 0 bridgehead atoms. The van der Waals surface area contributed by atoms with E-state index < -0.39 is 0 Å². The van der Waals surface area contributed by atoms with Gasteiger partial charge in [0.1, 0.15) is 5.75 Å². The molecule has 1 aromatic heterocycles. The van der Waals surface area contributed by atoms with Gasteiger partial charge in [-0.05, 0) is 43.2 Å². The molecule has 1 saturated heterocycles. The molecule has 1 fully saturated rings. The molecule has 3 rings (SSSR count). The van der Waals surface area contributed by atoms with Crippen molar-refractivity contribution in [1.82, 2.24) is 9.97 Å². The lowest BCUT2D eigenvalue weighted by Crippen LogP contribution is -2.36. The van der Waals surface area contributed by atoms with E-state index in [0.717, 1.165) is 17.5 Å². The molecule has 0 amide bonds. The van der Waals surface area contributed by atoms with Crippen LogP contribution in [0, 0.1) is 5.41 Å². The summed E-state index contributed by atoms with van der Waals surface area (Å²) in [6.07, 6.45) is 4.56. The van der Waals surface area contributed by atoms with Crippen molar-refractivity contribution in [3.05, 3.63) is 42.7 Å². The maximum Gasteiger partial charge on any atom is 0.331 e. The molecule has 0 spiro atoms.